The first kappa shape index (κ1) is 12.5. The van der Waals surface area contributed by atoms with Gasteiger partial charge < -0.3 is 4.90 Å². The van der Waals surface area contributed by atoms with Gasteiger partial charge in [-0.25, -0.2) is 0 Å². The fraction of sp³-hybridized carbons (Fsp3) is 0.500. The van der Waals surface area contributed by atoms with Crippen LogP contribution in [-0.2, 0) is 5.41 Å². The number of benzene rings is 1. The molecule has 0 bridgehead atoms. The first-order chi connectivity index (χ1) is 7.23. The normalized spacial score (nSPS) is 11.3. The van der Waals surface area contributed by atoms with Crippen molar-refractivity contribution in [3.05, 3.63) is 33.9 Å². The molecule has 0 aliphatic carbocycles. The maximum absolute atomic E-state index is 10.9. The van der Waals surface area contributed by atoms with E-state index in [4.69, 9.17) is 0 Å². The largest absolute Gasteiger partial charge is 0.378 e. The van der Waals surface area contributed by atoms with E-state index in [1.165, 1.54) is 0 Å². The Morgan fingerprint density at radius 2 is 1.81 bits per heavy atom. The van der Waals surface area contributed by atoms with E-state index in [0.29, 0.717) is 0 Å². The molecule has 0 fully saturated rings. The van der Waals surface area contributed by atoms with Crippen LogP contribution in [0.4, 0.5) is 11.4 Å². The van der Waals surface area contributed by atoms with Gasteiger partial charge in [-0.3, -0.25) is 10.1 Å². The number of hydrogen-bond donors (Lipinski definition) is 0. The summed E-state index contributed by atoms with van der Waals surface area (Å²) in [5.41, 5.74) is 1.71. The SMILES string of the molecule is CN(C)c1ccc([N+](=O)[O-])c(C(C)(C)C)c1. The quantitative estimate of drug-likeness (QED) is 0.571. The van der Waals surface area contributed by atoms with E-state index >= 15 is 0 Å². The molecule has 0 saturated carbocycles. The molecule has 1 aromatic carbocycles. The molecule has 0 amide bonds. The van der Waals surface area contributed by atoms with Gasteiger partial charge in [-0.2, -0.15) is 0 Å². The molecule has 0 unspecified atom stereocenters. The van der Waals surface area contributed by atoms with Crippen LogP contribution in [0.1, 0.15) is 26.3 Å². The Balaban J connectivity index is 3.39. The van der Waals surface area contributed by atoms with Gasteiger partial charge in [-0.05, 0) is 17.5 Å². The predicted octanol–water partition coefficient (Wildman–Crippen LogP) is 2.96. The molecule has 0 spiro atoms. The van der Waals surface area contributed by atoms with Gasteiger partial charge in [-0.15, -0.1) is 0 Å². The molecule has 4 nitrogen and oxygen atoms in total. The third-order valence-electron chi connectivity index (χ3n) is 2.50. The second-order valence-corrected chi connectivity index (χ2v) is 5.10. The van der Waals surface area contributed by atoms with Crippen molar-refractivity contribution in [1.29, 1.82) is 0 Å². The molecule has 1 rings (SSSR count). The van der Waals surface area contributed by atoms with Crippen LogP contribution >= 0.6 is 0 Å². The van der Waals surface area contributed by atoms with E-state index in [1.807, 2.05) is 45.8 Å². The van der Waals surface area contributed by atoms with Gasteiger partial charge >= 0.3 is 0 Å². The van der Waals surface area contributed by atoms with Crippen LogP contribution in [-0.4, -0.2) is 19.0 Å². The van der Waals surface area contributed by atoms with Crippen LogP contribution in [0.3, 0.4) is 0 Å². The van der Waals surface area contributed by atoms with Crippen LogP contribution in [0, 0.1) is 10.1 Å². The molecule has 0 radical (unpaired) electrons. The van der Waals surface area contributed by atoms with E-state index in [0.717, 1.165) is 11.3 Å². The molecule has 4 heteroatoms. The Bertz CT molecular complexity index is 406. The maximum atomic E-state index is 10.9. The molecular weight excluding hydrogens is 204 g/mol. The third-order valence-corrected chi connectivity index (χ3v) is 2.50. The van der Waals surface area contributed by atoms with Crippen molar-refractivity contribution in [2.75, 3.05) is 19.0 Å². The zero-order valence-electron chi connectivity index (χ0n) is 10.4. The molecule has 1 aromatic rings. The fourth-order valence-corrected chi connectivity index (χ4v) is 1.56. The summed E-state index contributed by atoms with van der Waals surface area (Å²) in [5, 5.41) is 10.9. The summed E-state index contributed by atoms with van der Waals surface area (Å²) < 4.78 is 0. The second kappa shape index (κ2) is 4.12. The van der Waals surface area contributed by atoms with Crippen LogP contribution < -0.4 is 4.90 Å². The molecule has 0 aliphatic rings. The van der Waals surface area contributed by atoms with Gasteiger partial charge in [0.2, 0.25) is 0 Å². The smallest absolute Gasteiger partial charge is 0.273 e. The number of nitrogens with zero attached hydrogens (tertiary/aromatic N) is 2. The first-order valence-corrected chi connectivity index (χ1v) is 5.19. The molecular formula is C12H18N2O2. The Kier molecular flexibility index (Phi) is 3.21. The Morgan fingerprint density at radius 3 is 2.19 bits per heavy atom. The highest BCUT2D eigenvalue weighted by molar-refractivity contribution is 5.57. The lowest BCUT2D eigenvalue weighted by atomic mass is 9.85. The van der Waals surface area contributed by atoms with E-state index < -0.39 is 0 Å². The number of hydrogen-bond acceptors (Lipinski definition) is 3. The van der Waals surface area contributed by atoms with Gasteiger partial charge in [0.15, 0.2) is 0 Å². The lowest BCUT2D eigenvalue weighted by Crippen LogP contribution is -2.16. The summed E-state index contributed by atoms with van der Waals surface area (Å²) in [6.07, 6.45) is 0. The molecule has 0 saturated heterocycles. The highest BCUT2D eigenvalue weighted by Crippen LogP contribution is 2.33. The molecule has 0 N–H and O–H groups in total. The summed E-state index contributed by atoms with van der Waals surface area (Å²) in [5.74, 6) is 0. The summed E-state index contributed by atoms with van der Waals surface area (Å²) in [7, 11) is 3.85. The zero-order chi connectivity index (χ0) is 12.5. The summed E-state index contributed by atoms with van der Waals surface area (Å²) in [6.45, 7) is 5.94. The Hall–Kier alpha value is -1.58. The molecule has 0 aromatic heterocycles. The monoisotopic (exact) mass is 222 g/mol. The first-order valence-electron chi connectivity index (χ1n) is 5.19. The van der Waals surface area contributed by atoms with Crippen molar-refractivity contribution in [2.24, 2.45) is 0 Å². The Labute approximate surface area is 96.0 Å². The molecule has 0 heterocycles. The third kappa shape index (κ3) is 2.51. The maximum Gasteiger partial charge on any atom is 0.273 e. The second-order valence-electron chi connectivity index (χ2n) is 5.10. The minimum atomic E-state index is -0.319. The standard InChI is InChI=1S/C12H18N2O2/c1-12(2,3)10-8-9(13(4)5)6-7-11(10)14(15)16/h6-8H,1-5H3. The van der Waals surface area contributed by atoms with Crippen molar-refractivity contribution in [3.63, 3.8) is 0 Å². The minimum Gasteiger partial charge on any atom is -0.378 e. The minimum absolute atomic E-state index is 0.193. The number of nitro benzene ring substituents is 1. The van der Waals surface area contributed by atoms with E-state index in [9.17, 15) is 10.1 Å². The van der Waals surface area contributed by atoms with Crippen LogP contribution in [0.15, 0.2) is 18.2 Å². The summed E-state index contributed by atoms with van der Waals surface area (Å²) in [6, 6.07) is 5.24. The zero-order valence-corrected chi connectivity index (χ0v) is 10.4. The van der Waals surface area contributed by atoms with Crippen molar-refractivity contribution in [3.8, 4) is 0 Å². The van der Waals surface area contributed by atoms with E-state index in [1.54, 1.807) is 12.1 Å². The van der Waals surface area contributed by atoms with Gasteiger partial charge in [0, 0.05) is 31.4 Å². The number of nitro groups is 1. The average Bonchev–Trinajstić information content (AvgIpc) is 2.15. The average molecular weight is 222 g/mol. The van der Waals surface area contributed by atoms with Crippen molar-refractivity contribution < 1.29 is 4.92 Å². The van der Waals surface area contributed by atoms with Gasteiger partial charge in [0.1, 0.15) is 0 Å². The van der Waals surface area contributed by atoms with E-state index in [-0.39, 0.29) is 16.0 Å². The molecule has 16 heavy (non-hydrogen) atoms. The van der Waals surface area contributed by atoms with Crippen molar-refractivity contribution in [2.45, 2.75) is 26.2 Å². The van der Waals surface area contributed by atoms with Gasteiger partial charge in [0.05, 0.1) is 4.92 Å². The van der Waals surface area contributed by atoms with Gasteiger partial charge in [0.25, 0.3) is 5.69 Å². The van der Waals surface area contributed by atoms with Crippen LogP contribution in [0.5, 0.6) is 0 Å². The summed E-state index contributed by atoms with van der Waals surface area (Å²) >= 11 is 0. The molecule has 88 valence electrons. The highest BCUT2D eigenvalue weighted by Gasteiger charge is 2.25. The lowest BCUT2D eigenvalue weighted by Gasteiger charge is -2.21. The highest BCUT2D eigenvalue weighted by atomic mass is 16.6. The number of anilines is 1. The molecule has 0 aliphatic heterocycles. The Morgan fingerprint density at radius 1 is 1.25 bits per heavy atom. The topological polar surface area (TPSA) is 46.4 Å². The fourth-order valence-electron chi connectivity index (χ4n) is 1.56. The summed E-state index contributed by atoms with van der Waals surface area (Å²) in [4.78, 5) is 12.6. The van der Waals surface area contributed by atoms with Crippen LogP contribution in [0.25, 0.3) is 0 Å². The van der Waals surface area contributed by atoms with Crippen LogP contribution in [0.2, 0.25) is 0 Å². The van der Waals surface area contributed by atoms with Crippen molar-refractivity contribution in [1.82, 2.24) is 0 Å². The van der Waals surface area contributed by atoms with Gasteiger partial charge in [-0.1, -0.05) is 20.8 Å². The lowest BCUT2D eigenvalue weighted by molar-refractivity contribution is -0.386. The van der Waals surface area contributed by atoms with Crippen molar-refractivity contribution >= 4 is 11.4 Å². The predicted molar refractivity (Wildman–Crippen MR) is 66.1 cm³/mol. The van der Waals surface area contributed by atoms with E-state index in [2.05, 4.69) is 0 Å². The molecule has 0 atom stereocenters. The number of rotatable bonds is 2.